The maximum absolute atomic E-state index is 12.2. The van der Waals surface area contributed by atoms with Crippen LogP contribution in [0.1, 0.15) is 27.1 Å². The lowest BCUT2D eigenvalue weighted by Crippen LogP contribution is -2.28. The van der Waals surface area contributed by atoms with Crippen molar-refractivity contribution in [1.29, 1.82) is 0 Å². The first-order valence-corrected chi connectivity index (χ1v) is 8.34. The number of hydrogen-bond acceptors (Lipinski definition) is 6. The van der Waals surface area contributed by atoms with Crippen LogP contribution in [0.5, 0.6) is 0 Å². The highest BCUT2D eigenvalue weighted by Gasteiger charge is 2.39. The molecular formula is C20H20O6. The number of hydrogen-bond donors (Lipinski definition) is 0. The summed E-state index contributed by atoms with van der Waals surface area (Å²) in [6, 6.07) is 17.4. The lowest BCUT2D eigenvalue weighted by atomic mass is 10.2. The second-order valence-corrected chi connectivity index (χ2v) is 5.87. The normalized spacial score (nSPS) is 22.0. The van der Waals surface area contributed by atoms with Crippen LogP contribution < -0.4 is 0 Å². The van der Waals surface area contributed by atoms with Gasteiger partial charge in [-0.2, -0.15) is 0 Å². The van der Waals surface area contributed by atoms with Crippen LogP contribution in [-0.2, 0) is 18.9 Å². The topological polar surface area (TPSA) is 71.1 Å². The van der Waals surface area contributed by atoms with Crippen molar-refractivity contribution in [1.82, 2.24) is 0 Å². The van der Waals surface area contributed by atoms with E-state index in [1.165, 1.54) is 7.11 Å². The molecule has 0 bridgehead atoms. The Morgan fingerprint density at radius 2 is 1.54 bits per heavy atom. The maximum atomic E-state index is 12.2. The fourth-order valence-electron chi connectivity index (χ4n) is 2.73. The predicted octanol–water partition coefficient (Wildman–Crippen LogP) is 2.83. The number of methoxy groups -OCH3 is 1. The zero-order valence-electron chi connectivity index (χ0n) is 14.4. The summed E-state index contributed by atoms with van der Waals surface area (Å²) >= 11 is 0. The van der Waals surface area contributed by atoms with E-state index in [2.05, 4.69) is 0 Å². The average molecular weight is 356 g/mol. The minimum atomic E-state index is -0.692. The fourth-order valence-corrected chi connectivity index (χ4v) is 2.73. The molecule has 26 heavy (non-hydrogen) atoms. The van der Waals surface area contributed by atoms with E-state index in [0.717, 1.165) is 0 Å². The van der Waals surface area contributed by atoms with Crippen molar-refractivity contribution in [2.75, 3.05) is 13.7 Å². The van der Waals surface area contributed by atoms with Gasteiger partial charge in [0, 0.05) is 13.5 Å². The van der Waals surface area contributed by atoms with Crippen LogP contribution in [0.25, 0.3) is 0 Å². The van der Waals surface area contributed by atoms with E-state index < -0.39 is 30.4 Å². The second-order valence-electron chi connectivity index (χ2n) is 5.87. The Kier molecular flexibility index (Phi) is 5.99. The van der Waals surface area contributed by atoms with Gasteiger partial charge in [-0.1, -0.05) is 36.4 Å². The van der Waals surface area contributed by atoms with Crippen molar-refractivity contribution in [2.24, 2.45) is 0 Å². The maximum Gasteiger partial charge on any atom is 0.338 e. The molecule has 2 aromatic rings. The molecule has 3 rings (SSSR count). The number of carbonyl (C=O) groups excluding carboxylic acids is 2. The van der Waals surface area contributed by atoms with Crippen molar-refractivity contribution in [3.05, 3.63) is 71.8 Å². The van der Waals surface area contributed by atoms with E-state index >= 15 is 0 Å². The first kappa shape index (κ1) is 18.1. The minimum Gasteiger partial charge on any atom is -0.459 e. The summed E-state index contributed by atoms with van der Waals surface area (Å²) < 4.78 is 21.7. The van der Waals surface area contributed by atoms with Crippen LogP contribution in [-0.4, -0.2) is 44.2 Å². The van der Waals surface area contributed by atoms with Gasteiger partial charge in [-0.15, -0.1) is 0 Å². The lowest BCUT2D eigenvalue weighted by molar-refractivity contribution is -0.154. The third-order valence-corrected chi connectivity index (χ3v) is 4.04. The Morgan fingerprint density at radius 3 is 2.12 bits per heavy atom. The summed E-state index contributed by atoms with van der Waals surface area (Å²) in [6.07, 6.45) is -1.27. The first-order chi connectivity index (χ1) is 12.7. The Hall–Kier alpha value is -2.70. The van der Waals surface area contributed by atoms with Crippen LogP contribution in [0, 0.1) is 0 Å². The summed E-state index contributed by atoms with van der Waals surface area (Å²) in [4.78, 5) is 24.2. The van der Waals surface area contributed by atoms with Crippen LogP contribution in [0.2, 0.25) is 0 Å². The molecule has 1 fully saturated rings. The van der Waals surface area contributed by atoms with E-state index in [-0.39, 0.29) is 6.61 Å². The Morgan fingerprint density at radius 1 is 0.962 bits per heavy atom. The van der Waals surface area contributed by atoms with E-state index in [9.17, 15) is 9.59 Å². The van der Waals surface area contributed by atoms with Crippen molar-refractivity contribution in [3.8, 4) is 0 Å². The van der Waals surface area contributed by atoms with Gasteiger partial charge in [0.25, 0.3) is 0 Å². The van der Waals surface area contributed by atoms with Crippen molar-refractivity contribution in [2.45, 2.75) is 24.9 Å². The molecule has 1 heterocycles. The van der Waals surface area contributed by atoms with Crippen LogP contribution in [0.4, 0.5) is 0 Å². The van der Waals surface area contributed by atoms with E-state index in [1.54, 1.807) is 48.5 Å². The van der Waals surface area contributed by atoms with E-state index in [0.29, 0.717) is 17.5 Å². The SMILES string of the molecule is CO[C@H]1O[C@@H](COC(=O)c2ccccc2)C[C@@H]1OC(=O)c1ccccc1. The third kappa shape index (κ3) is 4.47. The summed E-state index contributed by atoms with van der Waals surface area (Å²) in [5, 5.41) is 0. The Labute approximate surface area is 151 Å². The van der Waals surface area contributed by atoms with E-state index in [4.69, 9.17) is 18.9 Å². The van der Waals surface area contributed by atoms with Gasteiger partial charge in [0.1, 0.15) is 6.61 Å². The zero-order valence-corrected chi connectivity index (χ0v) is 14.4. The van der Waals surface area contributed by atoms with Gasteiger partial charge in [-0.05, 0) is 24.3 Å². The Balaban J connectivity index is 1.53. The summed E-state index contributed by atoms with van der Waals surface area (Å²) in [5.74, 6) is -0.865. The molecule has 0 spiro atoms. The fraction of sp³-hybridized carbons (Fsp3) is 0.300. The molecule has 0 N–H and O–H groups in total. The lowest BCUT2D eigenvalue weighted by Gasteiger charge is -2.17. The monoisotopic (exact) mass is 356 g/mol. The van der Waals surface area contributed by atoms with Gasteiger partial charge in [0.2, 0.25) is 0 Å². The standard InChI is InChI=1S/C20H20O6/c1-23-20-17(26-19(22)15-10-6-3-7-11-15)12-16(25-20)13-24-18(21)14-8-4-2-5-9-14/h2-11,16-17,20H,12-13H2,1H3/t16-,17+,20+/m1/s1. The van der Waals surface area contributed by atoms with Gasteiger partial charge < -0.3 is 18.9 Å². The predicted molar refractivity (Wildman–Crippen MR) is 92.7 cm³/mol. The highest BCUT2D eigenvalue weighted by molar-refractivity contribution is 5.89. The molecule has 0 amide bonds. The van der Waals surface area contributed by atoms with Gasteiger partial charge in [0.15, 0.2) is 12.4 Å². The number of benzene rings is 2. The Bertz CT molecular complexity index is 730. The highest BCUT2D eigenvalue weighted by atomic mass is 16.7. The molecular weight excluding hydrogens is 336 g/mol. The van der Waals surface area contributed by atoms with Crippen molar-refractivity contribution in [3.63, 3.8) is 0 Å². The molecule has 0 aliphatic carbocycles. The third-order valence-electron chi connectivity index (χ3n) is 4.04. The number of ether oxygens (including phenoxy) is 4. The molecule has 6 nitrogen and oxygen atoms in total. The van der Waals surface area contributed by atoms with Crippen LogP contribution in [0.15, 0.2) is 60.7 Å². The summed E-state index contributed by atoms with van der Waals surface area (Å²) in [6.45, 7) is 0.0625. The van der Waals surface area contributed by atoms with Gasteiger partial charge in [-0.25, -0.2) is 9.59 Å². The molecule has 0 radical (unpaired) electrons. The smallest absolute Gasteiger partial charge is 0.338 e. The van der Waals surface area contributed by atoms with Gasteiger partial charge in [0.05, 0.1) is 17.2 Å². The summed E-state index contributed by atoms with van der Waals surface area (Å²) in [5.41, 5.74) is 0.933. The van der Waals surface area contributed by atoms with Crippen LogP contribution in [0.3, 0.4) is 0 Å². The van der Waals surface area contributed by atoms with Gasteiger partial charge >= 0.3 is 11.9 Å². The zero-order chi connectivity index (χ0) is 18.4. The quantitative estimate of drug-likeness (QED) is 0.741. The molecule has 0 saturated carbocycles. The molecule has 1 saturated heterocycles. The minimum absolute atomic E-state index is 0.0625. The van der Waals surface area contributed by atoms with Gasteiger partial charge in [-0.3, -0.25) is 0 Å². The number of esters is 2. The average Bonchev–Trinajstić information content (AvgIpc) is 3.09. The van der Waals surface area contributed by atoms with Crippen molar-refractivity contribution >= 4 is 11.9 Å². The molecule has 136 valence electrons. The summed E-state index contributed by atoms with van der Waals surface area (Å²) in [7, 11) is 1.48. The number of rotatable bonds is 6. The molecule has 0 aromatic heterocycles. The van der Waals surface area contributed by atoms with Crippen molar-refractivity contribution < 1.29 is 28.5 Å². The molecule has 3 atom stereocenters. The van der Waals surface area contributed by atoms with Crippen LogP contribution >= 0.6 is 0 Å². The first-order valence-electron chi connectivity index (χ1n) is 8.34. The molecule has 1 aliphatic heterocycles. The molecule has 0 unspecified atom stereocenters. The number of carbonyl (C=O) groups is 2. The van der Waals surface area contributed by atoms with E-state index in [1.807, 2.05) is 12.1 Å². The second kappa shape index (κ2) is 8.60. The largest absolute Gasteiger partial charge is 0.459 e. The highest BCUT2D eigenvalue weighted by Crippen LogP contribution is 2.25. The molecule has 2 aromatic carbocycles. The molecule has 1 aliphatic rings. The molecule has 6 heteroatoms.